The molecule has 5 nitrogen and oxygen atoms in total. The molecule has 162 valence electrons. The number of carbonyl (C=O) groups excluding carboxylic acids is 1. The zero-order valence-corrected chi connectivity index (χ0v) is 18.6. The van der Waals surface area contributed by atoms with Crippen molar-refractivity contribution in [2.45, 2.75) is 44.1 Å². The zero-order chi connectivity index (χ0) is 21.5. The molecule has 2 heterocycles. The Hall–Kier alpha value is -1.98. The minimum atomic E-state index is 0.134. The number of phenols is 1. The number of benzene rings is 1. The number of nitrogens with zero attached hydrogens (tertiary/aromatic N) is 3. The lowest BCUT2D eigenvalue weighted by molar-refractivity contribution is -0.133. The number of likely N-dealkylation sites (tertiary alicyclic amines) is 1. The monoisotopic (exact) mass is 429 g/mol. The Morgan fingerprint density at radius 1 is 1.23 bits per heavy atom. The molecule has 6 heteroatoms. The number of hydrogen-bond acceptors (Lipinski definition) is 4. The third-order valence-corrected chi connectivity index (χ3v) is 7.43. The van der Waals surface area contributed by atoms with Crippen LogP contribution < -0.4 is 0 Å². The van der Waals surface area contributed by atoms with Crippen molar-refractivity contribution in [3.05, 3.63) is 53.2 Å². The van der Waals surface area contributed by atoms with Gasteiger partial charge in [-0.15, -0.1) is 0 Å². The van der Waals surface area contributed by atoms with E-state index in [2.05, 4.69) is 29.9 Å². The van der Waals surface area contributed by atoms with Crippen LogP contribution in [0, 0.1) is 0 Å². The first-order valence-corrected chi connectivity index (χ1v) is 11.3. The first kappa shape index (κ1) is 21.3. The molecule has 0 atom stereocenters. The molecule has 1 amide bonds. The Kier molecular flexibility index (Phi) is 5.86. The molecule has 0 bridgehead atoms. The number of aryl methyl sites for hydroxylation is 1. The zero-order valence-electron chi connectivity index (χ0n) is 17.9. The summed E-state index contributed by atoms with van der Waals surface area (Å²) in [5.74, 6) is 0.361. The van der Waals surface area contributed by atoms with E-state index < -0.39 is 0 Å². The third kappa shape index (κ3) is 4.23. The topological polar surface area (TPSA) is 47.0 Å². The number of allylic oxidation sites excluding steroid dienone is 1. The summed E-state index contributed by atoms with van der Waals surface area (Å²) in [6, 6.07) is 4.20. The van der Waals surface area contributed by atoms with E-state index in [1.54, 1.807) is 12.1 Å². The van der Waals surface area contributed by atoms with Crippen LogP contribution in [0.2, 0.25) is 5.02 Å². The van der Waals surface area contributed by atoms with Gasteiger partial charge in [-0.2, -0.15) is 0 Å². The van der Waals surface area contributed by atoms with Gasteiger partial charge in [0.1, 0.15) is 5.75 Å². The Bertz CT molecular complexity index is 850. The maximum Gasteiger partial charge on any atom is 0.222 e. The Labute approximate surface area is 184 Å². The predicted molar refractivity (Wildman–Crippen MR) is 121 cm³/mol. The second kappa shape index (κ2) is 8.27. The van der Waals surface area contributed by atoms with Crippen molar-refractivity contribution in [3.8, 4) is 5.75 Å². The molecule has 30 heavy (non-hydrogen) atoms. The highest BCUT2D eigenvalue weighted by atomic mass is 35.5. The molecule has 1 aromatic rings. The first-order chi connectivity index (χ1) is 14.3. The summed E-state index contributed by atoms with van der Waals surface area (Å²) in [5.41, 5.74) is 3.05. The fraction of sp³-hybridized carbons (Fsp3) is 0.542. The molecular weight excluding hydrogens is 398 g/mol. The number of piperazine rings is 1. The number of hydrogen-bond donors (Lipinski definition) is 1. The molecule has 0 aromatic heterocycles. The van der Waals surface area contributed by atoms with Crippen molar-refractivity contribution < 1.29 is 9.90 Å². The molecule has 0 radical (unpaired) electrons. The van der Waals surface area contributed by atoms with Gasteiger partial charge in [0.15, 0.2) is 0 Å². The van der Waals surface area contributed by atoms with Gasteiger partial charge in [0, 0.05) is 62.5 Å². The van der Waals surface area contributed by atoms with E-state index in [9.17, 15) is 9.90 Å². The van der Waals surface area contributed by atoms with Crippen molar-refractivity contribution >= 4 is 17.5 Å². The predicted octanol–water partition coefficient (Wildman–Crippen LogP) is 3.56. The second-order valence-corrected chi connectivity index (χ2v) is 9.60. The quantitative estimate of drug-likeness (QED) is 0.673. The number of halogens is 1. The number of aromatic hydroxyl groups is 1. The van der Waals surface area contributed by atoms with Crippen LogP contribution in [0.3, 0.4) is 0 Å². The van der Waals surface area contributed by atoms with E-state index in [1.807, 2.05) is 11.0 Å². The van der Waals surface area contributed by atoms with Gasteiger partial charge in [-0.25, -0.2) is 0 Å². The molecule has 1 aliphatic carbocycles. The van der Waals surface area contributed by atoms with Crippen molar-refractivity contribution in [2.24, 2.45) is 0 Å². The van der Waals surface area contributed by atoms with Gasteiger partial charge in [0.2, 0.25) is 5.91 Å². The van der Waals surface area contributed by atoms with Crippen LogP contribution in [0.15, 0.2) is 37.1 Å². The molecule has 0 unspecified atom stereocenters. The summed E-state index contributed by atoms with van der Waals surface area (Å²) in [5, 5.41) is 10.9. The Morgan fingerprint density at radius 2 is 1.90 bits per heavy atom. The van der Waals surface area contributed by atoms with E-state index in [0.717, 1.165) is 68.9 Å². The van der Waals surface area contributed by atoms with Crippen molar-refractivity contribution in [1.29, 1.82) is 0 Å². The molecule has 4 rings (SSSR count). The Balaban J connectivity index is 1.26. The minimum Gasteiger partial charge on any atom is -0.508 e. The minimum absolute atomic E-state index is 0.134. The van der Waals surface area contributed by atoms with Crippen molar-refractivity contribution in [3.63, 3.8) is 0 Å². The van der Waals surface area contributed by atoms with Gasteiger partial charge in [-0.3, -0.25) is 9.69 Å². The van der Waals surface area contributed by atoms with Gasteiger partial charge in [-0.1, -0.05) is 37.7 Å². The summed E-state index contributed by atoms with van der Waals surface area (Å²) < 4.78 is 0. The fourth-order valence-electron chi connectivity index (χ4n) is 4.51. The van der Waals surface area contributed by atoms with Gasteiger partial charge in [0.25, 0.3) is 0 Å². The van der Waals surface area contributed by atoms with Crippen LogP contribution in [0.1, 0.15) is 37.3 Å². The van der Waals surface area contributed by atoms with E-state index >= 15 is 0 Å². The number of carbonyl (C=O) groups is 1. The molecule has 0 spiro atoms. The van der Waals surface area contributed by atoms with Gasteiger partial charge >= 0.3 is 0 Å². The summed E-state index contributed by atoms with van der Waals surface area (Å²) >= 11 is 6.35. The Morgan fingerprint density at radius 3 is 2.50 bits per heavy atom. The average Bonchev–Trinajstić information content (AvgIpc) is 3.44. The van der Waals surface area contributed by atoms with Crippen molar-refractivity contribution in [2.75, 3.05) is 39.3 Å². The fourth-order valence-corrected chi connectivity index (χ4v) is 4.90. The lowest BCUT2D eigenvalue weighted by Crippen LogP contribution is -2.62. The molecule has 2 aliphatic heterocycles. The van der Waals surface area contributed by atoms with E-state index in [4.69, 9.17) is 11.6 Å². The molecule has 1 saturated carbocycles. The first-order valence-electron chi connectivity index (χ1n) is 10.9. The van der Waals surface area contributed by atoms with Crippen molar-refractivity contribution in [1.82, 2.24) is 14.7 Å². The van der Waals surface area contributed by atoms with Gasteiger partial charge < -0.3 is 14.9 Å². The third-order valence-electron chi connectivity index (χ3n) is 7.11. The SMILES string of the molecule is C=CC(=C)N1CC(N2CCN(C(=O)CCc3cc(C4(C)CC4)c(Cl)cc3O)CC2)C1. The molecule has 2 saturated heterocycles. The molecule has 1 N–H and O–H groups in total. The average molecular weight is 430 g/mol. The van der Waals surface area contributed by atoms with Gasteiger partial charge in [-0.05, 0) is 47.9 Å². The highest BCUT2D eigenvalue weighted by Crippen LogP contribution is 2.51. The maximum absolute atomic E-state index is 12.8. The van der Waals surface area contributed by atoms with Crippen LogP contribution in [-0.2, 0) is 16.6 Å². The highest BCUT2D eigenvalue weighted by Gasteiger charge is 2.41. The standard InChI is InChI=1S/C24H32ClN3O2/c1-4-17(2)28-15-19(16-28)26-9-11-27(12-10-26)23(30)6-5-18-13-20(24(3)7-8-24)21(25)14-22(18)29/h4,13-14,19,29H,1-2,5-12,15-16H2,3H3. The lowest BCUT2D eigenvalue weighted by atomic mass is 9.94. The van der Waals surface area contributed by atoms with Crippen LogP contribution in [0.25, 0.3) is 0 Å². The lowest BCUT2D eigenvalue weighted by Gasteiger charge is -2.49. The summed E-state index contributed by atoms with van der Waals surface area (Å²) in [4.78, 5) is 19.4. The summed E-state index contributed by atoms with van der Waals surface area (Å²) in [7, 11) is 0. The molecule has 3 aliphatic rings. The number of amides is 1. The van der Waals surface area contributed by atoms with Crippen LogP contribution in [-0.4, -0.2) is 71.0 Å². The molecule has 1 aromatic carbocycles. The van der Waals surface area contributed by atoms with E-state index in [-0.39, 0.29) is 17.1 Å². The van der Waals surface area contributed by atoms with E-state index in [1.165, 1.54) is 0 Å². The second-order valence-electron chi connectivity index (χ2n) is 9.19. The maximum atomic E-state index is 12.8. The van der Waals surface area contributed by atoms with Gasteiger partial charge in [0.05, 0.1) is 0 Å². The molecular formula is C24H32ClN3O2. The normalized spacial score (nSPS) is 21.3. The largest absolute Gasteiger partial charge is 0.508 e. The van der Waals surface area contributed by atoms with Crippen LogP contribution in [0.4, 0.5) is 0 Å². The van der Waals surface area contributed by atoms with E-state index in [0.29, 0.717) is 23.9 Å². The number of rotatable bonds is 7. The smallest absolute Gasteiger partial charge is 0.222 e. The highest BCUT2D eigenvalue weighted by molar-refractivity contribution is 6.31. The van der Waals surface area contributed by atoms with Crippen LogP contribution >= 0.6 is 11.6 Å². The van der Waals surface area contributed by atoms with Crippen LogP contribution in [0.5, 0.6) is 5.75 Å². The number of phenolic OH excluding ortho intramolecular Hbond substituents is 1. The summed E-state index contributed by atoms with van der Waals surface area (Å²) in [6.45, 7) is 15.3. The molecule has 3 fully saturated rings. The summed E-state index contributed by atoms with van der Waals surface area (Å²) in [6.07, 6.45) is 5.02.